The Balaban J connectivity index is 2.21. The van der Waals surface area contributed by atoms with Crippen LogP contribution in [-0.2, 0) is 4.79 Å². The number of rotatable bonds is 7. The highest BCUT2D eigenvalue weighted by Crippen LogP contribution is 1.98. The molecule has 0 aliphatic heterocycles. The SMILES string of the molecule is O=C(CCNC(=O)c1ccoc1)NC(CO)CO. The molecule has 0 saturated carbocycles. The first-order valence-electron chi connectivity index (χ1n) is 5.49. The second kappa shape index (κ2) is 7.46. The molecule has 0 aromatic carbocycles. The molecule has 0 fully saturated rings. The normalized spacial score (nSPS) is 10.4. The molecule has 0 atom stereocenters. The topological polar surface area (TPSA) is 112 Å². The molecular weight excluding hydrogens is 240 g/mol. The number of aliphatic hydroxyl groups is 2. The van der Waals surface area contributed by atoms with Crippen LogP contribution in [-0.4, -0.2) is 47.8 Å². The fourth-order valence-corrected chi connectivity index (χ4v) is 1.23. The van der Waals surface area contributed by atoms with E-state index in [0.29, 0.717) is 5.56 Å². The summed E-state index contributed by atoms with van der Waals surface area (Å²) in [5.41, 5.74) is 0.388. The molecule has 0 aliphatic rings. The fourth-order valence-electron chi connectivity index (χ4n) is 1.23. The van der Waals surface area contributed by atoms with Crippen LogP contribution >= 0.6 is 0 Å². The van der Waals surface area contributed by atoms with E-state index in [0.717, 1.165) is 0 Å². The first-order valence-corrected chi connectivity index (χ1v) is 5.49. The molecule has 0 aliphatic carbocycles. The minimum Gasteiger partial charge on any atom is -0.472 e. The van der Waals surface area contributed by atoms with E-state index < -0.39 is 6.04 Å². The monoisotopic (exact) mass is 256 g/mol. The lowest BCUT2D eigenvalue weighted by molar-refractivity contribution is -0.122. The number of hydrogen-bond donors (Lipinski definition) is 4. The lowest BCUT2D eigenvalue weighted by Crippen LogP contribution is -2.41. The maximum Gasteiger partial charge on any atom is 0.254 e. The highest BCUT2D eigenvalue weighted by molar-refractivity contribution is 5.94. The molecule has 0 spiro atoms. The molecular formula is C11H16N2O5. The Hall–Kier alpha value is -1.86. The summed E-state index contributed by atoms with van der Waals surface area (Å²) in [6.07, 6.45) is 2.76. The number of carbonyl (C=O) groups is 2. The van der Waals surface area contributed by atoms with Crippen LogP contribution in [0.25, 0.3) is 0 Å². The average molecular weight is 256 g/mol. The molecule has 0 unspecified atom stereocenters. The third-order valence-electron chi connectivity index (χ3n) is 2.23. The van der Waals surface area contributed by atoms with Crippen LogP contribution < -0.4 is 10.6 Å². The summed E-state index contributed by atoms with van der Waals surface area (Å²) in [6, 6.07) is 0.852. The van der Waals surface area contributed by atoms with E-state index in [1.165, 1.54) is 18.6 Å². The van der Waals surface area contributed by atoms with Crippen molar-refractivity contribution in [3.8, 4) is 0 Å². The minimum atomic E-state index is -0.665. The fraction of sp³-hybridized carbons (Fsp3) is 0.455. The highest BCUT2D eigenvalue weighted by atomic mass is 16.3. The maximum absolute atomic E-state index is 11.4. The second-order valence-electron chi connectivity index (χ2n) is 3.65. The van der Waals surface area contributed by atoms with Crippen molar-refractivity contribution in [1.29, 1.82) is 0 Å². The first kappa shape index (κ1) is 14.2. The van der Waals surface area contributed by atoms with Crippen LogP contribution in [0.3, 0.4) is 0 Å². The lowest BCUT2D eigenvalue weighted by atomic mass is 10.3. The van der Waals surface area contributed by atoms with Crippen molar-refractivity contribution in [3.63, 3.8) is 0 Å². The van der Waals surface area contributed by atoms with Gasteiger partial charge >= 0.3 is 0 Å². The van der Waals surface area contributed by atoms with Gasteiger partial charge in [0, 0.05) is 13.0 Å². The Morgan fingerprint density at radius 3 is 2.61 bits per heavy atom. The van der Waals surface area contributed by atoms with E-state index >= 15 is 0 Å². The average Bonchev–Trinajstić information content (AvgIpc) is 2.89. The molecule has 4 N–H and O–H groups in total. The molecule has 0 saturated heterocycles. The predicted molar refractivity (Wildman–Crippen MR) is 61.8 cm³/mol. The molecule has 7 heteroatoms. The molecule has 1 aromatic heterocycles. The quantitative estimate of drug-likeness (QED) is 0.493. The van der Waals surface area contributed by atoms with Crippen molar-refractivity contribution in [3.05, 3.63) is 24.2 Å². The van der Waals surface area contributed by atoms with E-state index in [4.69, 9.17) is 14.6 Å². The maximum atomic E-state index is 11.4. The third-order valence-corrected chi connectivity index (χ3v) is 2.23. The molecule has 0 radical (unpaired) electrons. The van der Waals surface area contributed by atoms with Gasteiger partial charge in [-0.1, -0.05) is 0 Å². The van der Waals surface area contributed by atoms with Gasteiger partial charge in [-0.25, -0.2) is 0 Å². The van der Waals surface area contributed by atoms with Gasteiger partial charge in [-0.2, -0.15) is 0 Å². The molecule has 1 heterocycles. The zero-order chi connectivity index (χ0) is 13.4. The number of furan rings is 1. The molecule has 1 aromatic rings. The molecule has 0 bridgehead atoms. The van der Waals surface area contributed by atoms with Crippen LogP contribution in [0.4, 0.5) is 0 Å². The summed E-state index contributed by atoms with van der Waals surface area (Å²) < 4.78 is 4.75. The summed E-state index contributed by atoms with van der Waals surface area (Å²) in [5.74, 6) is -0.673. The number of aliphatic hydroxyl groups excluding tert-OH is 2. The molecule has 2 amide bonds. The van der Waals surface area contributed by atoms with Crippen molar-refractivity contribution in [1.82, 2.24) is 10.6 Å². The van der Waals surface area contributed by atoms with E-state index in [1.807, 2.05) is 0 Å². The Morgan fingerprint density at radius 1 is 1.33 bits per heavy atom. The Labute approximate surface area is 104 Å². The van der Waals surface area contributed by atoms with Gasteiger partial charge in [0.15, 0.2) is 0 Å². The van der Waals surface area contributed by atoms with Gasteiger partial charge in [0.2, 0.25) is 5.91 Å². The number of nitrogens with one attached hydrogen (secondary N) is 2. The molecule has 7 nitrogen and oxygen atoms in total. The minimum absolute atomic E-state index is 0.0695. The van der Waals surface area contributed by atoms with Crippen LogP contribution in [0.1, 0.15) is 16.8 Å². The van der Waals surface area contributed by atoms with Gasteiger partial charge in [0.1, 0.15) is 6.26 Å². The summed E-state index contributed by atoms with van der Waals surface area (Å²) in [4.78, 5) is 22.8. The summed E-state index contributed by atoms with van der Waals surface area (Å²) >= 11 is 0. The first-order chi connectivity index (χ1) is 8.67. The summed E-state index contributed by atoms with van der Waals surface area (Å²) in [5, 5.41) is 22.5. The lowest BCUT2D eigenvalue weighted by Gasteiger charge is -2.13. The predicted octanol–water partition coefficient (Wildman–Crippen LogP) is -1.13. The van der Waals surface area contributed by atoms with Gasteiger partial charge in [-0.05, 0) is 6.07 Å². The Bertz CT molecular complexity index is 373. The molecule has 1 rings (SSSR count). The van der Waals surface area contributed by atoms with Crippen molar-refractivity contribution in [2.45, 2.75) is 12.5 Å². The van der Waals surface area contributed by atoms with Crippen LogP contribution in [0.2, 0.25) is 0 Å². The number of amides is 2. The van der Waals surface area contributed by atoms with E-state index in [-0.39, 0.29) is 38.0 Å². The van der Waals surface area contributed by atoms with Crippen LogP contribution in [0.15, 0.2) is 23.0 Å². The van der Waals surface area contributed by atoms with Gasteiger partial charge in [0.25, 0.3) is 5.91 Å². The van der Waals surface area contributed by atoms with Crippen molar-refractivity contribution in [2.75, 3.05) is 19.8 Å². The summed E-state index contributed by atoms with van der Waals surface area (Å²) in [6.45, 7) is -0.493. The van der Waals surface area contributed by atoms with Crippen LogP contribution in [0.5, 0.6) is 0 Å². The van der Waals surface area contributed by atoms with Crippen molar-refractivity contribution in [2.24, 2.45) is 0 Å². The van der Waals surface area contributed by atoms with Crippen molar-refractivity contribution < 1.29 is 24.2 Å². The van der Waals surface area contributed by atoms with E-state index in [2.05, 4.69) is 10.6 Å². The van der Waals surface area contributed by atoms with Gasteiger partial charge in [0.05, 0.1) is 31.1 Å². The molecule has 100 valence electrons. The van der Waals surface area contributed by atoms with Crippen LogP contribution in [0, 0.1) is 0 Å². The largest absolute Gasteiger partial charge is 0.472 e. The highest BCUT2D eigenvalue weighted by Gasteiger charge is 2.11. The Morgan fingerprint density at radius 2 is 2.06 bits per heavy atom. The Kier molecular flexibility index (Phi) is 5.89. The van der Waals surface area contributed by atoms with E-state index in [1.54, 1.807) is 0 Å². The van der Waals surface area contributed by atoms with Crippen molar-refractivity contribution >= 4 is 11.8 Å². The third kappa shape index (κ3) is 4.56. The zero-order valence-electron chi connectivity index (χ0n) is 9.76. The smallest absolute Gasteiger partial charge is 0.254 e. The standard InChI is InChI=1S/C11H16N2O5/c14-5-9(6-15)13-10(16)1-3-12-11(17)8-2-4-18-7-8/h2,4,7,9,14-15H,1,3,5-6H2,(H,12,17)(H,13,16). The second-order valence-corrected chi connectivity index (χ2v) is 3.65. The van der Waals surface area contributed by atoms with Gasteiger partial charge in [-0.15, -0.1) is 0 Å². The molecule has 18 heavy (non-hydrogen) atoms. The number of hydrogen-bond acceptors (Lipinski definition) is 5. The summed E-state index contributed by atoms with van der Waals surface area (Å²) in [7, 11) is 0. The van der Waals surface area contributed by atoms with Gasteiger partial charge < -0.3 is 25.3 Å². The van der Waals surface area contributed by atoms with Gasteiger partial charge in [-0.3, -0.25) is 9.59 Å². The zero-order valence-corrected chi connectivity index (χ0v) is 9.76. The number of carbonyl (C=O) groups excluding carboxylic acids is 2. The van der Waals surface area contributed by atoms with E-state index in [9.17, 15) is 9.59 Å².